The SMILES string of the molecule is O=C1[C@@H]2[C@H](Cc3ccc(O)cc3)N[C@]3(C(=O)Nc4c(Cl)cccc43)[C@@H]2C(=O)N1CCc1ccccc1. The molecule has 0 bridgehead atoms. The zero-order valence-electron chi connectivity index (χ0n) is 19.3. The topological polar surface area (TPSA) is 98.7 Å². The summed E-state index contributed by atoms with van der Waals surface area (Å²) in [4.78, 5) is 42.6. The molecule has 3 amide bonds. The fraction of sp³-hybridized carbons (Fsp3) is 0.250. The van der Waals surface area contributed by atoms with E-state index in [-0.39, 0.29) is 30.0 Å². The van der Waals surface area contributed by atoms with Crippen molar-refractivity contribution in [2.75, 3.05) is 11.9 Å². The highest BCUT2D eigenvalue weighted by molar-refractivity contribution is 6.35. The van der Waals surface area contributed by atoms with Crippen LogP contribution in [0.25, 0.3) is 0 Å². The minimum absolute atomic E-state index is 0.144. The van der Waals surface area contributed by atoms with E-state index in [1.807, 2.05) is 30.3 Å². The predicted octanol–water partition coefficient (Wildman–Crippen LogP) is 3.25. The number of benzene rings is 3. The molecule has 6 rings (SSSR count). The lowest BCUT2D eigenvalue weighted by Crippen LogP contribution is -2.53. The van der Waals surface area contributed by atoms with Crippen molar-refractivity contribution in [3.63, 3.8) is 0 Å². The van der Waals surface area contributed by atoms with Crippen LogP contribution < -0.4 is 10.6 Å². The Kier molecular flexibility index (Phi) is 5.35. The van der Waals surface area contributed by atoms with Crippen LogP contribution in [0, 0.1) is 11.8 Å². The number of imide groups is 1. The van der Waals surface area contributed by atoms with Gasteiger partial charge < -0.3 is 10.4 Å². The number of likely N-dealkylation sites (tertiary alicyclic amines) is 1. The van der Waals surface area contributed by atoms with Crippen molar-refractivity contribution in [2.45, 2.75) is 24.4 Å². The van der Waals surface area contributed by atoms with E-state index >= 15 is 0 Å². The average Bonchev–Trinajstić information content (AvgIpc) is 3.45. The number of amides is 3. The lowest BCUT2D eigenvalue weighted by molar-refractivity contribution is -0.142. The zero-order chi connectivity index (χ0) is 25.0. The first-order chi connectivity index (χ1) is 17.4. The maximum absolute atomic E-state index is 13.9. The van der Waals surface area contributed by atoms with Gasteiger partial charge in [0.15, 0.2) is 0 Å². The number of nitrogens with one attached hydrogen (secondary N) is 2. The standard InChI is InChI=1S/C28H24ClN3O4/c29-20-8-4-7-19-24(20)30-27(36)28(19)23-22(21(31-28)15-17-9-11-18(33)12-10-17)25(34)32(26(23)35)14-13-16-5-2-1-3-6-16/h1-12,21-23,31,33H,13-15H2,(H,30,36)/t21-,22+,23-,28-/m0/s1. The van der Waals surface area contributed by atoms with Crippen molar-refractivity contribution < 1.29 is 19.5 Å². The third-order valence-electron chi connectivity index (χ3n) is 7.65. The summed E-state index contributed by atoms with van der Waals surface area (Å²) in [6.45, 7) is 0.251. The molecular weight excluding hydrogens is 478 g/mol. The number of phenols is 1. The molecule has 3 aliphatic rings. The van der Waals surface area contributed by atoms with E-state index in [1.165, 1.54) is 4.90 Å². The largest absolute Gasteiger partial charge is 0.508 e. The fourth-order valence-corrected chi connectivity index (χ4v) is 6.24. The molecule has 0 aromatic heterocycles. The monoisotopic (exact) mass is 501 g/mol. The van der Waals surface area contributed by atoms with Gasteiger partial charge in [-0.3, -0.25) is 24.6 Å². The Labute approximate surface area is 213 Å². The Morgan fingerprint density at radius 3 is 2.39 bits per heavy atom. The molecule has 7 nitrogen and oxygen atoms in total. The number of carbonyl (C=O) groups is 3. The summed E-state index contributed by atoms with van der Waals surface area (Å²) in [6.07, 6.45) is 0.952. The second kappa shape index (κ2) is 8.47. The number of hydrogen-bond acceptors (Lipinski definition) is 5. The molecule has 182 valence electrons. The number of rotatable bonds is 5. The highest BCUT2D eigenvalue weighted by Crippen LogP contribution is 2.54. The molecule has 3 aliphatic heterocycles. The molecule has 0 radical (unpaired) electrons. The third-order valence-corrected chi connectivity index (χ3v) is 7.96. The zero-order valence-corrected chi connectivity index (χ0v) is 20.0. The van der Waals surface area contributed by atoms with E-state index < -0.39 is 23.4 Å². The van der Waals surface area contributed by atoms with Crippen LogP contribution >= 0.6 is 11.6 Å². The number of halogens is 1. The van der Waals surface area contributed by atoms with Gasteiger partial charge in [-0.15, -0.1) is 0 Å². The molecule has 3 aromatic rings. The van der Waals surface area contributed by atoms with Crippen LogP contribution in [0.5, 0.6) is 5.75 Å². The van der Waals surface area contributed by atoms with Crippen molar-refractivity contribution in [1.29, 1.82) is 0 Å². The minimum Gasteiger partial charge on any atom is -0.508 e. The number of phenolic OH excluding ortho intramolecular Hbond substituents is 1. The van der Waals surface area contributed by atoms with E-state index in [2.05, 4.69) is 10.6 Å². The Hall–Kier alpha value is -3.68. The van der Waals surface area contributed by atoms with Crippen LogP contribution in [0.2, 0.25) is 5.02 Å². The van der Waals surface area contributed by atoms with Crippen molar-refractivity contribution in [1.82, 2.24) is 10.2 Å². The number of carbonyl (C=O) groups excluding carboxylic acids is 3. The predicted molar refractivity (Wildman–Crippen MR) is 134 cm³/mol. The van der Waals surface area contributed by atoms with Crippen molar-refractivity contribution in [3.8, 4) is 5.75 Å². The second-order valence-electron chi connectivity index (χ2n) is 9.61. The molecule has 1 spiro atoms. The molecule has 2 fully saturated rings. The Balaban J connectivity index is 1.40. The first kappa shape index (κ1) is 22.8. The molecule has 2 saturated heterocycles. The van der Waals surface area contributed by atoms with Gasteiger partial charge in [0.05, 0.1) is 22.5 Å². The molecule has 3 aromatic carbocycles. The lowest BCUT2D eigenvalue weighted by Gasteiger charge is -2.29. The van der Waals surface area contributed by atoms with E-state index in [4.69, 9.17) is 11.6 Å². The second-order valence-corrected chi connectivity index (χ2v) is 10.0. The Bertz CT molecular complexity index is 1380. The van der Waals surface area contributed by atoms with Gasteiger partial charge in [-0.05, 0) is 42.2 Å². The van der Waals surface area contributed by atoms with E-state index in [1.54, 1.807) is 42.5 Å². The molecular formula is C28H24ClN3O4. The number of fused-ring (bicyclic) bond motifs is 4. The minimum atomic E-state index is -1.39. The molecule has 8 heteroatoms. The van der Waals surface area contributed by atoms with Crippen LogP contribution in [-0.2, 0) is 32.8 Å². The summed E-state index contributed by atoms with van der Waals surface area (Å²) < 4.78 is 0. The van der Waals surface area contributed by atoms with Gasteiger partial charge in [0, 0.05) is 18.2 Å². The number of anilines is 1. The lowest BCUT2D eigenvalue weighted by atomic mass is 9.76. The first-order valence-electron chi connectivity index (χ1n) is 12.0. The fourth-order valence-electron chi connectivity index (χ4n) is 6.02. The third kappa shape index (κ3) is 3.34. The highest BCUT2D eigenvalue weighted by atomic mass is 35.5. The van der Waals surface area contributed by atoms with Crippen LogP contribution in [0.1, 0.15) is 16.7 Å². The molecule has 36 heavy (non-hydrogen) atoms. The van der Waals surface area contributed by atoms with Crippen LogP contribution in [0.3, 0.4) is 0 Å². The van der Waals surface area contributed by atoms with Gasteiger partial charge >= 0.3 is 0 Å². The summed E-state index contributed by atoms with van der Waals surface area (Å²) in [7, 11) is 0. The van der Waals surface area contributed by atoms with E-state index in [0.717, 1.165) is 11.1 Å². The van der Waals surface area contributed by atoms with E-state index in [9.17, 15) is 19.5 Å². The van der Waals surface area contributed by atoms with Gasteiger partial charge in [0.1, 0.15) is 11.3 Å². The van der Waals surface area contributed by atoms with E-state index in [0.29, 0.717) is 29.1 Å². The quantitative estimate of drug-likeness (QED) is 0.466. The van der Waals surface area contributed by atoms with Crippen LogP contribution in [0.15, 0.2) is 72.8 Å². The molecule has 0 unspecified atom stereocenters. The van der Waals surface area contributed by atoms with Crippen molar-refractivity contribution >= 4 is 35.0 Å². The number of nitrogens with zero attached hydrogens (tertiary/aromatic N) is 1. The molecule has 3 heterocycles. The van der Waals surface area contributed by atoms with Crippen molar-refractivity contribution in [2.24, 2.45) is 11.8 Å². The Morgan fingerprint density at radius 1 is 0.889 bits per heavy atom. The van der Waals surface area contributed by atoms with Gasteiger partial charge in [-0.25, -0.2) is 0 Å². The van der Waals surface area contributed by atoms with Gasteiger partial charge in [0.25, 0.3) is 0 Å². The number of aromatic hydroxyl groups is 1. The summed E-state index contributed by atoms with van der Waals surface area (Å²) in [5, 5.41) is 16.3. The van der Waals surface area contributed by atoms with Gasteiger partial charge in [-0.2, -0.15) is 0 Å². The normalized spacial score (nSPS) is 26.4. The molecule has 0 saturated carbocycles. The van der Waals surface area contributed by atoms with Gasteiger partial charge in [0.2, 0.25) is 17.7 Å². The molecule has 3 N–H and O–H groups in total. The summed E-state index contributed by atoms with van der Waals surface area (Å²) >= 11 is 6.40. The van der Waals surface area contributed by atoms with Crippen molar-refractivity contribution in [3.05, 3.63) is 94.5 Å². The molecule has 0 aliphatic carbocycles. The van der Waals surface area contributed by atoms with Gasteiger partial charge in [-0.1, -0.05) is 66.2 Å². The maximum atomic E-state index is 13.9. The maximum Gasteiger partial charge on any atom is 0.250 e. The Morgan fingerprint density at radius 2 is 1.64 bits per heavy atom. The number of para-hydroxylation sites is 1. The summed E-state index contributed by atoms with van der Waals surface area (Å²) in [5.41, 5.74) is 1.59. The molecule has 4 atom stereocenters. The summed E-state index contributed by atoms with van der Waals surface area (Å²) in [6, 6.07) is 21.2. The van der Waals surface area contributed by atoms with Crippen LogP contribution in [-0.4, -0.2) is 40.3 Å². The number of hydrogen-bond donors (Lipinski definition) is 3. The highest BCUT2D eigenvalue weighted by Gasteiger charge is 2.70. The first-order valence-corrected chi connectivity index (χ1v) is 12.3. The van der Waals surface area contributed by atoms with Crippen LogP contribution in [0.4, 0.5) is 5.69 Å². The summed E-state index contributed by atoms with van der Waals surface area (Å²) in [5.74, 6) is -2.44. The average molecular weight is 502 g/mol. The smallest absolute Gasteiger partial charge is 0.250 e.